The molecule has 0 spiro atoms. The lowest BCUT2D eigenvalue weighted by Gasteiger charge is -2.39. The third-order valence-electron chi connectivity index (χ3n) is 5.24. The monoisotopic (exact) mass is 354 g/mol. The zero-order valence-electron chi connectivity index (χ0n) is 15.1. The Bertz CT molecular complexity index is 760. The molecule has 0 atom stereocenters. The second-order valence-corrected chi connectivity index (χ2v) is 7.91. The quantitative estimate of drug-likeness (QED) is 0.841. The zero-order chi connectivity index (χ0) is 17.2. The topological polar surface area (TPSA) is 41.1 Å². The first-order valence-corrected chi connectivity index (χ1v) is 10.3. The van der Waals surface area contributed by atoms with E-state index in [1.807, 2.05) is 11.3 Å². The molecule has 1 aliphatic heterocycles. The first kappa shape index (κ1) is 16.6. The Labute approximate surface area is 154 Å². The normalized spacial score (nSPS) is 18.0. The molecule has 1 aliphatic carbocycles. The van der Waals surface area contributed by atoms with E-state index in [2.05, 4.69) is 52.6 Å². The van der Waals surface area contributed by atoms with Gasteiger partial charge in [0.15, 0.2) is 0 Å². The summed E-state index contributed by atoms with van der Waals surface area (Å²) in [6.45, 7) is 6.00. The summed E-state index contributed by atoms with van der Waals surface area (Å²) in [5.41, 5.74) is 3.66. The summed E-state index contributed by atoms with van der Waals surface area (Å²) in [5.74, 6) is 1.88. The number of aromatic nitrogens is 2. The van der Waals surface area contributed by atoms with Crippen LogP contribution in [0.4, 0.5) is 11.8 Å². The van der Waals surface area contributed by atoms with Gasteiger partial charge >= 0.3 is 0 Å². The molecule has 0 saturated heterocycles. The average molecular weight is 355 g/mol. The predicted molar refractivity (Wildman–Crippen MR) is 107 cm³/mol. The minimum atomic E-state index is 0.597. The molecule has 0 aromatic carbocycles. The van der Waals surface area contributed by atoms with Crippen LogP contribution < -0.4 is 10.2 Å². The van der Waals surface area contributed by atoms with Gasteiger partial charge in [0.1, 0.15) is 5.82 Å². The molecule has 2 aromatic rings. The number of nitrogens with zero attached hydrogens (tertiary/aromatic N) is 3. The molecule has 4 rings (SSSR count). The second-order valence-electron chi connectivity index (χ2n) is 6.97. The number of fused-ring (bicyclic) bond motifs is 1. The smallest absolute Gasteiger partial charge is 0.224 e. The van der Waals surface area contributed by atoms with Crippen molar-refractivity contribution in [1.82, 2.24) is 9.97 Å². The number of nitrogens with one attached hydrogen (secondary N) is 1. The van der Waals surface area contributed by atoms with Crippen molar-refractivity contribution in [3.8, 4) is 0 Å². The molecule has 2 aromatic heterocycles. The lowest BCUT2D eigenvalue weighted by molar-refractivity contribution is 0.420. The van der Waals surface area contributed by atoms with E-state index in [0.717, 1.165) is 30.5 Å². The third kappa shape index (κ3) is 3.30. The van der Waals surface area contributed by atoms with Gasteiger partial charge in [-0.2, -0.15) is 4.98 Å². The molecule has 0 radical (unpaired) electrons. The van der Waals surface area contributed by atoms with Gasteiger partial charge in [-0.3, -0.25) is 0 Å². The molecule has 0 bridgehead atoms. The maximum absolute atomic E-state index is 4.90. The molecule has 1 N–H and O–H groups in total. The van der Waals surface area contributed by atoms with E-state index in [-0.39, 0.29) is 0 Å². The van der Waals surface area contributed by atoms with Crippen LogP contribution >= 0.6 is 11.3 Å². The van der Waals surface area contributed by atoms with Gasteiger partial charge in [-0.25, -0.2) is 4.98 Å². The maximum Gasteiger partial charge on any atom is 0.224 e. The summed E-state index contributed by atoms with van der Waals surface area (Å²) < 4.78 is 0. The molecular weight excluding hydrogens is 328 g/mol. The van der Waals surface area contributed by atoms with Crippen LogP contribution in [0.1, 0.15) is 55.2 Å². The molecule has 2 aliphatic rings. The van der Waals surface area contributed by atoms with E-state index in [0.29, 0.717) is 6.04 Å². The molecule has 1 fully saturated rings. The van der Waals surface area contributed by atoms with Crippen LogP contribution in [-0.4, -0.2) is 29.1 Å². The van der Waals surface area contributed by atoms with E-state index in [1.165, 1.54) is 48.1 Å². The van der Waals surface area contributed by atoms with E-state index < -0.39 is 0 Å². The van der Waals surface area contributed by atoms with Gasteiger partial charge in [-0.05, 0) is 49.8 Å². The van der Waals surface area contributed by atoms with Crippen LogP contribution in [0.3, 0.4) is 0 Å². The van der Waals surface area contributed by atoms with Gasteiger partial charge in [0, 0.05) is 29.6 Å². The predicted octanol–water partition coefficient (Wildman–Crippen LogP) is 4.97. The largest absolute Gasteiger partial charge is 0.354 e. The summed E-state index contributed by atoms with van der Waals surface area (Å²) in [5, 5.41) is 5.45. The van der Waals surface area contributed by atoms with Gasteiger partial charge in [0.05, 0.1) is 5.69 Å². The second kappa shape index (κ2) is 7.16. The minimum Gasteiger partial charge on any atom is -0.354 e. The molecule has 1 saturated carbocycles. The molecule has 4 nitrogen and oxygen atoms in total. The van der Waals surface area contributed by atoms with Crippen LogP contribution in [-0.2, 0) is 0 Å². The van der Waals surface area contributed by atoms with Crippen molar-refractivity contribution in [3.05, 3.63) is 33.6 Å². The van der Waals surface area contributed by atoms with Crippen LogP contribution in [0.5, 0.6) is 0 Å². The van der Waals surface area contributed by atoms with Crippen molar-refractivity contribution in [2.45, 2.75) is 52.0 Å². The maximum atomic E-state index is 4.90. The van der Waals surface area contributed by atoms with Crippen LogP contribution in [0, 0.1) is 6.92 Å². The highest BCUT2D eigenvalue weighted by Gasteiger charge is 2.29. The number of anilines is 2. The number of rotatable bonds is 4. The third-order valence-corrected chi connectivity index (χ3v) is 6.18. The lowest BCUT2D eigenvalue weighted by atomic mass is 9.92. The van der Waals surface area contributed by atoms with Crippen molar-refractivity contribution < 1.29 is 0 Å². The number of aryl methyl sites for hydroxylation is 1. The highest BCUT2D eigenvalue weighted by Crippen LogP contribution is 2.38. The highest BCUT2D eigenvalue weighted by molar-refractivity contribution is 7.11. The van der Waals surface area contributed by atoms with Gasteiger partial charge in [0.2, 0.25) is 5.95 Å². The average Bonchev–Trinajstić information content (AvgIpc) is 3.17. The Balaban J connectivity index is 1.79. The van der Waals surface area contributed by atoms with Crippen LogP contribution in [0.15, 0.2) is 17.5 Å². The van der Waals surface area contributed by atoms with E-state index in [4.69, 9.17) is 4.98 Å². The van der Waals surface area contributed by atoms with Crippen molar-refractivity contribution >= 4 is 34.8 Å². The molecule has 25 heavy (non-hydrogen) atoms. The van der Waals surface area contributed by atoms with Gasteiger partial charge < -0.3 is 10.2 Å². The molecule has 3 heterocycles. The van der Waals surface area contributed by atoms with E-state index in [1.54, 1.807) is 0 Å². The fourth-order valence-electron chi connectivity index (χ4n) is 3.97. The standard InChI is InChI=1S/C20H26N4S/c1-3-21-20-22-14(2)17-12-15(18-10-7-11-25-18)13-24(19(17)23-20)16-8-5-4-6-9-16/h7,10-12,16H,3-6,8-9,13H2,1-2H3,(H,21,22,23). The first-order valence-electron chi connectivity index (χ1n) is 9.40. The zero-order valence-corrected chi connectivity index (χ0v) is 15.9. The summed E-state index contributed by atoms with van der Waals surface area (Å²) in [6, 6.07) is 4.96. The van der Waals surface area contributed by atoms with E-state index in [9.17, 15) is 0 Å². The fourth-order valence-corrected chi connectivity index (χ4v) is 4.71. The van der Waals surface area contributed by atoms with Crippen molar-refractivity contribution in [2.24, 2.45) is 0 Å². The van der Waals surface area contributed by atoms with Crippen molar-refractivity contribution in [1.29, 1.82) is 0 Å². The summed E-state index contributed by atoms with van der Waals surface area (Å²) in [7, 11) is 0. The highest BCUT2D eigenvalue weighted by atomic mass is 32.1. The molecule has 5 heteroatoms. The van der Waals surface area contributed by atoms with Crippen molar-refractivity contribution in [2.75, 3.05) is 23.3 Å². The van der Waals surface area contributed by atoms with Gasteiger partial charge in [-0.15, -0.1) is 11.3 Å². The summed E-state index contributed by atoms with van der Waals surface area (Å²) in [4.78, 5) is 13.5. The summed E-state index contributed by atoms with van der Waals surface area (Å²) >= 11 is 1.82. The van der Waals surface area contributed by atoms with E-state index >= 15 is 0 Å². The lowest BCUT2D eigenvalue weighted by Crippen LogP contribution is -2.40. The minimum absolute atomic E-state index is 0.597. The molecular formula is C20H26N4S. The van der Waals surface area contributed by atoms with Crippen molar-refractivity contribution in [3.63, 3.8) is 0 Å². The Hall–Kier alpha value is -1.88. The molecule has 0 unspecified atom stereocenters. The van der Waals surface area contributed by atoms with Crippen LogP contribution in [0.2, 0.25) is 0 Å². The number of hydrogen-bond acceptors (Lipinski definition) is 5. The fraction of sp³-hybridized carbons (Fsp3) is 0.500. The Kier molecular flexibility index (Phi) is 4.75. The molecule has 0 amide bonds. The SMILES string of the molecule is CCNc1nc(C)c2c(n1)N(C1CCCCC1)CC(c1cccs1)=C2. The summed E-state index contributed by atoms with van der Waals surface area (Å²) in [6.07, 6.45) is 8.90. The Morgan fingerprint density at radius 3 is 2.80 bits per heavy atom. The Morgan fingerprint density at radius 1 is 1.24 bits per heavy atom. The van der Waals surface area contributed by atoms with Gasteiger partial charge in [0.25, 0.3) is 0 Å². The van der Waals surface area contributed by atoms with Gasteiger partial charge in [-0.1, -0.05) is 25.3 Å². The molecule has 132 valence electrons. The first-order chi connectivity index (χ1) is 12.3. The Morgan fingerprint density at radius 2 is 2.08 bits per heavy atom. The van der Waals surface area contributed by atoms with Crippen LogP contribution in [0.25, 0.3) is 11.6 Å². The number of hydrogen-bond donors (Lipinski definition) is 1. The number of thiophene rings is 1.